The maximum absolute atomic E-state index is 3.68. The molecule has 1 aliphatic carbocycles. The Labute approximate surface area is 129 Å². The number of rotatable bonds is 6. The van der Waals surface area contributed by atoms with Gasteiger partial charge in [-0.3, -0.25) is 0 Å². The molecule has 0 aliphatic heterocycles. The number of aryl methyl sites for hydroxylation is 1. The first-order valence-electron chi connectivity index (χ1n) is 8.39. The monoisotopic (exact) mass is 293 g/mol. The third-order valence-corrected chi connectivity index (χ3v) is 5.98. The Morgan fingerprint density at radius 2 is 2.15 bits per heavy atom. The molecular weight excluding hydrogens is 262 g/mol. The van der Waals surface area contributed by atoms with Crippen molar-refractivity contribution >= 4 is 11.3 Å². The fourth-order valence-corrected chi connectivity index (χ4v) is 4.84. The topological polar surface area (TPSA) is 12.0 Å². The van der Waals surface area contributed by atoms with Gasteiger partial charge in [0.1, 0.15) is 0 Å². The Hall–Kier alpha value is -0.340. The molecule has 1 aromatic heterocycles. The van der Waals surface area contributed by atoms with Crippen LogP contribution in [0.25, 0.3) is 0 Å². The lowest BCUT2D eigenvalue weighted by Crippen LogP contribution is -2.35. The van der Waals surface area contributed by atoms with E-state index < -0.39 is 0 Å². The second-order valence-corrected chi connectivity index (χ2v) is 7.81. The predicted octanol–water partition coefficient (Wildman–Crippen LogP) is 5.35. The minimum atomic E-state index is 0.605. The lowest BCUT2D eigenvalue weighted by atomic mass is 9.71. The number of hydrogen-bond acceptors (Lipinski definition) is 2. The second-order valence-electron chi connectivity index (χ2n) is 6.87. The van der Waals surface area contributed by atoms with Crippen molar-refractivity contribution in [1.29, 1.82) is 0 Å². The molecule has 2 rings (SSSR count). The van der Waals surface area contributed by atoms with Gasteiger partial charge in [-0.2, -0.15) is 0 Å². The van der Waals surface area contributed by atoms with Crippen LogP contribution in [-0.4, -0.2) is 12.6 Å². The first kappa shape index (κ1) is 16.0. The van der Waals surface area contributed by atoms with Crippen LogP contribution in [0, 0.1) is 18.8 Å². The van der Waals surface area contributed by atoms with Gasteiger partial charge < -0.3 is 5.32 Å². The van der Waals surface area contributed by atoms with Crippen LogP contribution >= 0.6 is 11.3 Å². The minimum absolute atomic E-state index is 0.605. The Morgan fingerprint density at radius 3 is 2.75 bits per heavy atom. The Bertz CT molecular complexity index is 396. The van der Waals surface area contributed by atoms with E-state index >= 15 is 0 Å². The van der Waals surface area contributed by atoms with E-state index in [0.717, 1.165) is 17.8 Å². The van der Waals surface area contributed by atoms with E-state index in [1.54, 1.807) is 4.88 Å². The van der Waals surface area contributed by atoms with Crippen molar-refractivity contribution in [3.05, 3.63) is 21.9 Å². The molecule has 2 heteroatoms. The first-order valence-corrected chi connectivity index (χ1v) is 9.27. The molecule has 1 aliphatic rings. The molecule has 3 unspecified atom stereocenters. The number of thiophene rings is 1. The summed E-state index contributed by atoms with van der Waals surface area (Å²) in [5, 5.41) is 5.96. The van der Waals surface area contributed by atoms with E-state index in [9.17, 15) is 0 Å². The maximum Gasteiger partial charge on any atom is 0.0109 e. The second kappa shape index (κ2) is 7.61. The third kappa shape index (κ3) is 4.08. The molecule has 1 heterocycles. The SMILES string of the molecule is CCCC1CCC(CNC(C)C)C(c2sccc2C)C1. The van der Waals surface area contributed by atoms with E-state index in [-0.39, 0.29) is 0 Å². The minimum Gasteiger partial charge on any atom is -0.314 e. The molecule has 3 atom stereocenters. The average Bonchev–Trinajstić information content (AvgIpc) is 2.83. The summed E-state index contributed by atoms with van der Waals surface area (Å²) < 4.78 is 0. The Kier molecular flexibility index (Phi) is 6.10. The quantitative estimate of drug-likeness (QED) is 0.745. The van der Waals surface area contributed by atoms with E-state index in [0.29, 0.717) is 6.04 Å². The third-order valence-electron chi connectivity index (χ3n) is 4.83. The van der Waals surface area contributed by atoms with E-state index in [1.807, 2.05) is 11.3 Å². The van der Waals surface area contributed by atoms with Gasteiger partial charge in [0.05, 0.1) is 0 Å². The van der Waals surface area contributed by atoms with Crippen LogP contribution in [0.4, 0.5) is 0 Å². The summed E-state index contributed by atoms with van der Waals surface area (Å²) in [6, 6.07) is 2.91. The van der Waals surface area contributed by atoms with Gasteiger partial charge in [-0.1, -0.05) is 40.0 Å². The zero-order valence-corrected chi connectivity index (χ0v) is 14.4. The first-order chi connectivity index (χ1) is 9.61. The van der Waals surface area contributed by atoms with Gasteiger partial charge in [-0.05, 0) is 61.1 Å². The number of hydrogen-bond donors (Lipinski definition) is 1. The van der Waals surface area contributed by atoms with Crippen molar-refractivity contribution < 1.29 is 0 Å². The van der Waals surface area contributed by atoms with Crippen molar-refractivity contribution in [2.24, 2.45) is 11.8 Å². The molecule has 0 amide bonds. The Balaban J connectivity index is 2.08. The van der Waals surface area contributed by atoms with Crippen molar-refractivity contribution in [1.82, 2.24) is 5.32 Å². The highest BCUT2D eigenvalue weighted by atomic mass is 32.1. The van der Waals surface area contributed by atoms with Crippen LogP contribution in [-0.2, 0) is 0 Å². The molecule has 0 aromatic carbocycles. The van der Waals surface area contributed by atoms with E-state index in [2.05, 4.69) is 44.5 Å². The molecule has 1 aromatic rings. The highest BCUT2D eigenvalue weighted by molar-refractivity contribution is 7.10. The standard InChI is InChI=1S/C18H31NS/c1-5-6-15-7-8-16(12-19-13(2)3)17(11-15)18-14(4)9-10-20-18/h9-10,13,15-17,19H,5-8,11-12H2,1-4H3. The summed E-state index contributed by atoms with van der Waals surface area (Å²) in [4.78, 5) is 1.67. The summed E-state index contributed by atoms with van der Waals surface area (Å²) in [7, 11) is 0. The van der Waals surface area contributed by atoms with Gasteiger partial charge in [-0.25, -0.2) is 0 Å². The summed E-state index contributed by atoms with van der Waals surface area (Å²) >= 11 is 1.99. The highest BCUT2D eigenvalue weighted by Crippen LogP contribution is 2.44. The zero-order valence-electron chi connectivity index (χ0n) is 13.6. The molecule has 0 bridgehead atoms. The molecule has 1 fully saturated rings. The highest BCUT2D eigenvalue weighted by Gasteiger charge is 2.32. The summed E-state index contributed by atoms with van der Waals surface area (Å²) in [5.74, 6) is 2.59. The van der Waals surface area contributed by atoms with Crippen LogP contribution in [0.1, 0.15) is 69.2 Å². The van der Waals surface area contributed by atoms with Crippen molar-refractivity contribution in [2.45, 2.75) is 71.8 Å². The maximum atomic E-state index is 3.68. The molecule has 0 radical (unpaired) electrons. The van der Waals surface area contributed by atoms with Crippen molar-refractivity contribution in [2.75, 3.05) is 6.54 Å². The predicted molar refractivity (Wildman–Crippen MR) is 90.7 cm³/mol. The average molecular weight is 294 g/mol. The van der Waals surface area contributed by atoms with Crippen LogP contribution in [0.2, 0.25) is 0 Å². The van der Waals surface area contributed by atoms with Gasteiger partial charge in [0.2, 0.25) is 0 Å². The van der Waals surface area contributed by atoms with Gasteiger partial charge in [0.25, 0.3) is 0 Å². The number of nitrogens with one attached hydrogen (secondary N) is 1. The van der Waals surface area contributed by atoms with Crippen LogP contribution in [0.5, 0.6) is 0 Å². The van der Waals surface area contributed by atoms with Crippen LogP contribution < -0.4 is 5.32 Å². The molecule has 20 heavy (non-hydrogen) atoms. The van der Waals surface area contributed by atoms with Crippen molar-refractivity contribution in [3.8, 4) is 0 Å². The van der Waals surface area contributed by atoms with Crippen LogP contribution in [0.3, 0.4) is 0 Å². The lowest BCUT2D eigenvalue weighted by Gasteiger charge is -2.37. The molecule has 1 nitrogen and oxygen atoms in total. The molecular formula is C18H31NS. The van der Waals surface area contributed by atoms with Crippen LogP contribution in [0.15, 0.2) is 11.4 Å². The fourth-order valence-electron chi connectivity index (χ4n) is 3.71. The van der Waals surface area contributed by atoms with E-state index in [1.165, 1.54) is 44.2 Å². The lowest BCUT2D eigenvalue weighted by molar-refractivity contribution is 0.219. The van der Waals surface area contributed by atoms with Gasteiger partial charge >= 0.3 is 0 Å². The zero-order chi connectivity index (χ0) is 14.5. The van der Waals surface area contributed by atoms with Crippen molar-refractivity contribution in [3.63, 3.8) is 0 Å². The normalized spacial score (nSPS) is 27.1. The smallest absolute Gasteiger partial charge is 0.0109 e. The largest absolute Gasteiger partial charge is 0.314 e. The molecule has 0 spiro atoms. The molecule has 1 N–H and O–H groups in total. The molecule has 0 saturated heterocycles. The molecule has 114 valence electrons. The van der Waals surface area contributed by atoms with Gasteiger partial charge in [-0.15, -0.1) is 11.3 Å². The van der Waals surface area contributed by atoms with Gasteiger partial charge in [0.15, 0.2) is 0 Å². The molecule has 1 saturated carbocycles. The summed E-state index contributed by atoms with van der Waals surface area (Å²) in [6.07, 6.45) is 7.03. The van der Waals surface area contributed by atoms with Gasteiger partial charge in [0, 0.05) is 10.9 Å². The summed E-state index contributed by atoms with van der Waals surface area (Å²) in [6.45, 7) is 10.3. The van der Waals surface area contributed by atoms with E-state index in [4.69, 9.17) is 0 Å². The summed E-state index contributed by atoms with van der Waals surface area (Å²) in [5.41, 5.74) is 1.52. The Morgan fingerprint density at radius 1 is 1.35 bits per heavy atom. The fraction of sp³-hybridized carbons (Fsp3) is 0.778.